The maximum absolute atomic E-state index is 9.35. The molecular weight excluding hydrogens is 266 g/mol. The van der Waals surface area contributed by atoms with Gasteiger partial charge in [-0.05, 0) is 37.1 Å². The second kappa shape index (κ2) is 6.65. The molecule has 0 amide bonds. The highest BCUT2D eigenvalue weighted by Crippen LogP contribution is 2.22. The summed E-state index contributed by atoms with van der Waals surface area (Å²) < 4.78 is 5.62. The van der Waals surface area contributed by atoms with Crippen LogP contribution in [-0.4, -0.2) is 39.2 Å². The third-order valence-electron chi connectivity index (χ3n) is 3.78. The normalized spacial score (nSPS) is 18.8. The largest absolute Gasteiger partial charge is 0.438 e. The molecule has 0 unspecified atom stereocenters. The van der Waals surface area contributed by atoms with Gasteiger partial charge in [0, 0.05) is 25.0 Å². The van der Waals surface area contributed by atoms with Gasteiger partial charge in [-0.1, -0.05) is 12.1 Å². The third kappa shape index (κ3) is 3.56. The molecule has 1 aromatic carbocycles. The Morgan fingerprint density at radius 2 is 2.10 bits per heavy atom. The third-order valence-corrected chi connectivity index (χ3v) is 3.78. The molecule has 1 aliphatic rings. The molecule has 5 nitrogen and oxygen atoms in total. The summed E-state index contributed by atoms with van der Waals surface area (Å²) in [6.45, 7) is 2.17. The van der Waals surface area contributed by atoms with Crippen molar-refractivity contribution in [3.63, 3.8) is 0 Å². The van der Waals surface area contributed by atoms with Crippen molar-refractivity contribution in [3.05, 3.63) is 48.4 Å². The Labute approximate surface area is 124 Å². The number of ether oxygens (including phenoxy) is 1. The number of nitrogens with zero attached hydrogens (tertiary/aromatic N) is 3. The zero-order valence-corrected chi connectivity index (χ0v) is 11.9. The van der Waals surface area contributed by atoms with Crippen LogP contribution in [0.3, 0.4) is 0 Å². The molecule has 1 fully saturated rings. The van der Waals surface area contributed by atoms with Crippen LogP contribution in [0.5, 0.6) is 11.6 Å². The van der Waals surface area contributed by atoms with Crippen LogP contribution in [-0.2, 0) is 6.54 Å². The zero-order chi connectivity index (χ0) is 14.5. The van der Waals surface area contributed by atoms with Crippen LogP contribution >= 0.6 is 0 Å². The van der Waals surface area contributed by atoms with E-state index in [0.717, 1.165) is 25.3 Å². The first-order valence-corrected chi connectivity index (χ1v) is 7.23. The zero-order valence-electron chi connectivity index (χ0n) is 11.9. The minimum atomic E-state index is 0.244. The minimum absolute atomic E-state index is 0.244. The summed E-state index contributed by atoms with van der Waals surface area (Å²) in [6.07, 6.45) is 7.06. The highest BCUT2D eigenvalue weighted by molar-refractivity contribution is 5.29. The van der Waals surface area contributed by atoms with Crippen LogP contribution in [0.4, 0.5) is 0 Å². The second-order valence-corrected chi connectivity index (χ2v) is 5.24. The highest BCUT2D eigenvalue weighted by atomic mass is 16.5. The number of aromatic nitrogens is 2. The molecule has 0 aliphatic carbocycles. The predicted octanol–water partition coefficient (Wildman–Crippen LogP) is 2.23. The van der Waals surface area contributed by atoms with Crippen molar-refractivity contribution in [1.82, 2.24) is 14.9 Å². The van der Waals surface area contributed by atoms with E-state index in [4.69, 9.17) is 4.74 Å². The topological polar surface area (TPSA) is 58.5 Å². The molecule has 0 radical (unpaired) electrons. The number of aliphatic hydroxyl groups excluding tert-OH is 1. The van der Waals surface area contributed by atoms with Gasteiger partial charge < -0.3 is 9.84 Å². The number of rotatable bonds is 5. The molecule has 1 saturated heterocycles. The van der Waals surface area contributed by atoms with Crippen molar-refractivity contribution in [2.45, 2.75) is 25.4 Å². The number of benzene rings is 1. The standard InChI is InChI=1S/C16H19N3O2/c20-12-14-2-1-9-19(14)11-13-3-5-15(6-4-13)21-16-10-17-7-8-18-16/h3-8,10,14,20H,1-2,9,11-12H2/t14-/m1/s1. The molecule has 1 aliphatic heterocycles. The average molecular weight is 285 g/mol. The monoisotopic (exact) mass is 285 g/mol. The Morgan fingerprint density at radius 1 is 1.24 bits per heavy atom. The molecule has 21 heavy (non-hydrogen) atoms. The van der Waals surface area contributed by atoms with Crippen molar-refractivity contribution in [3.8, 4) is 11.6 Å². The fraction of sp³-hybridized carbons (Fsp3) is 0.375. The van der Waals surface area contributed by atoms with E-state index in [0.29, 0.717) is 11.9 Å². The van der Waals surface area contributed by atoms with Crippen LogP contribution in [0.1, 0.15) is 18.4 Å². The lowest BCUT2D eigenvalue weighted by molar-refractivity contribution is 0.153. The first kappa shape index (κ1) is 14.0. The molecular formula is C16H19N3O2. The Kier molecular flexibility index (Phi) is 4.43. The van der Waals surface area contributed by atoms with Crippen LogP contribution in [0.2, 0.25) is 0 Å². The van der Waals surface area contributed by atoms with Gasteiger partial charge in [-0.25, -0.2) is 4.98 Å². The summed E-state index contributed by atoms with van der Waals surface area (Å²) in [6, 6.07) is 8.29. The van der Waals surface area contributed by atoms with Gasteiger partial charge in [-0.3, -0.25) is 9.88 Å². The van der Waals surface area contributed by atoms with Crippen molar-refractivity contribution in [2.24, 2.45) is 0 Å². The van der Waals surface area contributed by atoms with Gasteiger partial charge in [0.1, 0.15) is 5.75 Å². The number of hydrogen-bond donors (Lipinski definition) is 1. The smallest absolute Gasteiger partial charge is 0.237 e. The molecule has 5 heteroatoms. The molecule has 0 spiro atoms. The Bertz CT molecular complexity index is 559. The van der Waals surface area contributed by atoms with Crippen molar-refractivity contribution in [1.29, 1.82) is 0 Å². The van der Waals surface area contributed by atoms with Crippen LogP contribution in [0.15, 0.2) is 42.9 Å². The molecule has 0 bridgehead atoms. The fourth-order valence-corrected chi connectivity index (χ4v) is 2.67. The predicted molar refractivity (Wildman–Crippen MR) is 79.1 cm³/mol. The molecule has 2 aromatic rings. The molecule has 110 valence electrons. The van der Waals surface area contributed by atoms with Gasteiger partial charge in [-0.2, -0.15) is 0 Å². The van der Waals surface area contributed by atoms with E-state index >= 15 is 0 Å². The molecule has 1 aromatic heterocycles. The fourth-order valence-electron chi connectivity index (χ4n) is 2.67. The molecule has 3 rings (SSSR count). The number of aliphatic hydroxyl groups is 1. The van der Waals surface area contributed by atoms with Gasteiger partial charge in [0.05, 0.1) is 12.8 Å². The highest BCUT2D eigenvalue weighted by Gasteiger charge is 2.23. The van der Waals surface area contributed by atoms with Crippen molar-refractivity contribution in [2.75, 3.05) is 13.2 Å². The van der Waals surface area contributed by atoms with Crippen LogP contribution in [0, 0.1) is 0 Å². The van der Waals surface area contributed by atoms with Gasteiger partial charge in [0.15, 0.2) is 0 Å². The van der Waals surface area contributed by atoms with E-state index in [1.807, 2.05) is 12.1 Å². The molecule has 2 heterocycles. The maximum Gasteiger partial charge on any atom is 0.237 e. The van der Waals surface area contributed by atoms with Gasteiger partial charge in [-0.15, -0.1) is 0 Å². The van der Waals surface area contributed by atoms with E-state index in [9.17, 15) is 5.11 Å². The first-order valence-electron chi connectivity index (χ1n) is 7.23. The van der Waals surface area contributed by atoms with E-state index in [1.54, 1.807) is 18.6 Å². The SMILES string of the molecule is OC[C@H]1CCCN1Cc1ccc(Oc2cnccn2)cc1. The Balaban J connectivity index is 1.61. The lowest BCUT2D eigenvalue weighted by Gasteiger charge is -2.22. The van der Waals surface area contributed by atoms with Crippen LogP contribution in [0.25, 0.3) is 0 Å². The summed E-state index contributed by atoms with van der Waals surface area (Å²) in [5.74, 6) is 1.24. The molecule has 1 N–H and O–H groups in total. The summed E-state index contributed by atoms with van der Waals surface area (Å²) in [7, 11) is 0. The average Bonchev–Trinajstić information content (AvgIpc) is 2.97. The van der Waals surface area contributed by atoms with E-state index in [2.05, 4.69) is 27.0 Å². The number of hydrogen-bond acceptors (Lipinski definition) is 5. The van der Waals surface area contributed by atoms with E-state index < -0.39 is 0 Å². The summed E-state index contributed by atoms with van der Waals surface area (Å²) in [4.78, 5) is 10.4. The summed E-state index contributed by atoms with van der Waals surface area (Å²) >= 11 is 0. The Morgan fingerprint density at radius 3 is 2.81 bits per heavy atom. The Hall–Kier alpha value is -1.98. The lowest BCUT2D eigenvalue weighted by Crippen LogP contribution is -2.31. The minimum Gasteiger partial charge on any atom is -0.438 e. The van der Waals surface area contributed by atoms with Gasteiger partial charge >= 0.3 is 0 Å². The molecule has 0 saturated carbocycles. The van der Waals surface area contributed by atoms with Crippen LogP contribution < -0.4 is 4.74 Å². The second-order valence-electron chi connectivity index (χ2n) is 5.24. The van der Waals surface area contributed by atoms with E-state index in [1.165, 1.54) is 12.0 Å². The lowest BCUT2D eigenvalue weighted by atomic mass is 10.2. The van der Waals surface area contributed by atoms with Crippen molar-refractivity contribution >= 4 is 0 Å². The number of likely N-dealkylation sites (tertiary alicyclic amines) is 1. The summed E-state index contributed by atoms with van der Waals surface area (Å²) in [5.41, 5.74) is 1.22. The maximum atomic E-state index is 9.35. The quantitative estimate of drug-likeness (QED) is 0.913. The first-order chi connectivity index (χ1) is 10.3. The van der Waals surface area contributed by atoms with Gasteiger partial charge in [0.2, 0.25) is 5.88 Å². The van der Waals surface area contributed by atoms with E-state index in [-0.39, 0.29) is 6.61 Å². The summed E-state index contributed by atoms with van der Waals surface area (Å²) in [5, 5.41) is 9.35. The van der Waals surface area contributed by atoms with Gasteiger partial charge in [0.25, 0.3) is 0 Å². The van der Waals surface area contributed by atoms with Crippen molar-refractivity contribution < 1.29 is 9.84 Å². The molecule has 1 atom stereocenters.